The zero-order chi connectivity index (χ0) is 32.4. The van der Waals surface area contributed by atoms with Crippen LogP contribution < -0.4 is 9.62 Å². The van der Waals surface area contributed by atoms with Crippen molar-refractivity contribution in [3.63, 3.8) is 0 Å². The molecule has 0 heterocycles. The van der Waals surface area contributed by atoms with Crippen molar-refractivity contribution < 1.29 is 18.0 Å². The molecular weight excluding hydrogens is 606 g/mol. The van der Waals surface area contributed by atoms with Crippen LogP contribution in [0.1, 0.15) is 43.9 Å². The van der Waals surface area contributed by atoms with Crippen LogP contribution in [0.25, 0.3) is 0 Å². The predicted octanol–water partition coefficient (Wildman–Crippen LogP) is 6.65. The van der Waals surface area contributed by atoms with Crippen LogP contribution >= 0.6 is 11.6 Å². The standard InChI is InChI=1S/C36H40ClN3O4S/c1-4-27(3)38-36(42)34(24-28-16-8-6-9-17-28)39(25-30-19-12-14-22-32(30)37)35(41)26-40(33-23-15-13-18-29(33)5-2)45(43,44)31-20-10-7-11-21-31/h6-23,27,34H,4-5,24-26H2,1-3H3,(H,38,42). The number of carbonyl (C=O) groups is 2. The minimum Gasteiger partial charge on any atom is -0.352 e. The van der Waals surface area contributed by atoms with E-state index in [1.165, 1.54) is 17.0 Å². The molecule has 1 N–H and O–H groups in total. The molecular formula is C36H40ClN3O4S. The molecule has 9 heteroatoms. The fourth-order valence-electron chi connectivity index (χ4n) is 5.09. The van der Waals surface area contributed by atoms with E-state index in [1.54, 1.807) is 48.5 Å². The van der Waals surface area contributed by atoms with Gasteiger partial charge in [0, 0.05) is 24.0 Å². The summed E-state index contributed by atoms with van der Waals surface area (Å²) in [6.07, 6.45) is 1.50. The molecule has 0 fully saturated rings. The molecule has 45 heavy (non-hydrogen) atoms. The number of amides is 2. The molecule has 0 saturated carbocycles. The Morgan fingerprint density at radius 2 is 1.38 bits per heavy atom. The van der Waals surface area contributed by atoms with Crippen molar-refractivity contribution in [1.82, 2.24) is 10.2 Å². The summed E-state index contributed by atoms with van der Waals surface area (Å²) in [6, 6.07) is 30.8. The van der Waals surface area contributed by atoms with Gasteiger partial charge in [-0.1, -0.05) is 110 Å². The van der Waals surface area contributed by atoms with Crippen molar-refractivity contribution in [1.29, 1.82) is 0 Å². The number of nitrogens with zero attached hydrogens (tertiary/aromatic N) is 2. The molecule has 4 rings (SSSR count). The van der Waals surface area contributed by atoms with E-state index in [1.807, 2.05) is 69.3 Å². The van der Waals surface area contributed by atoms with E-state index in [0.29, 0.717) is 29.1 Å². The van der Waals surface area contributed by atoms with Crippen molar-refractivity contribution in [2.24, 2.45) is 0 Å². The molecule has 4 aromatic carbocycles. The maximum atomic E-state index is 14.6. The lowest BCUT2D eigenvalue weighted by atomic mass is 10.0. The molecule has 0 aliphatic rings. The number of benzene rings is 4. The number of para-hydroxylation sites is 1. The number of sulfonamides is 1. The summed E-state index contributed by atoms with van der Waals surface area (Å²) in [6.45, 7) is 5.32. The van der Waals surface area contributed by atoms with Crippen LogP contribution in [-0.4, -0.2) is 43.8 Å². The molecule has 0 aromatic heterocycles. The van der Waals surface area contributed by atoms with E-state index in [-0.39, 0.29) is 29.8 Å². The van der Waals surface area contributed by atoms with Gasteiger partial charge in [-0.2, -0.15) is 0 Å². The van der Waals surface area contributed by atoms with Crippen molar-refractivity contribution in [2.45, 2.75) is 63.6 Å². The minimum absolute atomic E-state index is 0.0125. The second-order valence-electron chi connectivity index (χ2n) is 10.9. The molecule has 0 aliphatic carbocycles. The second kappa shape index (κ2) is 15.7. The molecule has 236 valence electrons. The SMILES string of the molecule is CCc1ccccc1N(CC(=O)N(Cc1ccccc1Cl)C(Cc1ccccc1)C(=O)NC(C)CC)S(=O)(=O)c1ccccc1. The van der Waals surface area contributed by atoms with Gasteiger partial charge in [0.1, 0.15) is 12.6 Å². The van der Waals surface area contributed by atoms with E-state index in [0.717, 1.165) is 15.4 Å². The number of hydrogen-bond acceptors (Lipinski definition) is 4. The van der Waals surface area contributed by atoms with Gasteiger partial charge in [-0.05, 0) is 60.7 Å². The highest BCUT2D eigenvalue weighted by atomic mass is 35.5. The number of aryl methyl sites for hydroxylation is 1. The Morgan fingerprint density at radius 1 is 0.800 bits per heavy atom. The van der Waals surface area contributed by atoms with Gasteiger partial charge in [-0.15, -0.1) is 0 Å². The van der Waals surface area contributed by atoms with Gasteiger partial charge in [-0.3, -0.25) is 13.9 Å². The van der Waals surface area contributed by atoms with Gasteiger partial charge in [0.2, 0.25) is 11.8 Å². The molecule has 2 unspecified atom stereocenters. The molecule has 0 spiro atoms. The van der Waals surface area contributed by atoms with Crippen LogP contribution in [0.15, 0.2) is 114 Å². The average Bonchev–Trinajstić information content (AvgIpc) is 3.06. The molecule has 0 bridgehead atoms. The Hall–Kier alpha value is -4.14. The van der Waals surface area contributed by atoms with E-state index in [2.05, 4.69) is 5.32 Å². The summed E-state index contributed by atoms with van der Waals surface area (Å²) in [7, 11) is -4.16. The number of halogens is 1. The zero-order valence-electron chi connectivity index (χ0n) is 25.9. The Morgan fingerprint density at radius 3 is 2.00 bits per heavy atom. The largest absolute Gasteiger partial charge is 0.352 e. The first-order chi connectivity index (χ1) is 21.6. The summed E-state index contributed by atoms with van der Waals surface area (Å²) in [5.74, 6) is -0.847. The first-order valence-corrected chi connectivity index (χ1v) is 17.0. The number of rotatable bonds is 14. The van der Waals surface area contributed by atoms with Crippen molar-refractivity contribution in [3.05, 3.63) is 131 Å². The fraction of sp³-hybridized carbons (Fsp3) is 0.278. The van der Waals surface area contributed by atoms with Crippen LogP contribution in [0, 0.1) is 0 Å². The van der Waals surface area contributed by atoms with Crippen LogP contribution in [0.5, 0.6) is 0 Å². The molecule has 2 amide bonds. The third kappa shape index (κ3) is 8.53. The summed E-state index contributed by atoms with van der Waals surface area (Å²) >= 11 is 6.57. The first-order valence-electron chi connectivity index (χ1n) is 15.2. The quantitative estimate of drug-likeness (QED) is 0.166. The normalized spacial score (nSPS) is 12.6. The maximum Gasteiger partial charge on any atom is 0.264 e. The van der Waals surface area contributed by atoms with Crippen LogP contribution in [0.4, 0.5) is 5.69 Å². The van der Waals surface area contributed by atoms with E-state index in [4.69, 9.17) is 11.6 Å². The highest BCUT2D eigenvalue weighted by Crippen LogP contribution is 2.29. The maximum absolute atomic E-state index is 14.6. The molecule has 0 radical (unpaired) electrons. The monoisotopic (exact) mass is 645 g/mol. The zero-order valence-corrected chi connectivity index (χ0v) is 27.5. The lowest BCUT2D eigenvalue weighted by Gasteiger charge is -2.35. The summed E-state index contributed by atoms with van der Waals surface area (Å²) < 4.78 is 29.6. The van der Waals surface area contributed by atoms with Gasteiger partial charge in [0.05, 0.1) is 10.6 Å². The molecule has 7 nitrogen and oxygen atoms in total. The number of nitrogens with one attached hydrogen (secondary N) is 1. The Labute approximate surface area is 271 Å². The van der Waals surface area contributed by atoms with Gasteiger partial charge < -0.3 is 10.2 Å². The van der Waals surface area contributed by atoms with E-state index < -0.39 is 28.5 Å². The molecule has 2 atom stereocenters. The first kappa shape index (κ1) is 33.7. The number of carbonyl (C=O) groups excluding carboxylic acids is 2. The third-order valence-corrected chi connectivity index (χ3v) is 9.96. The lowest BCUT2D eigenvalue weighted by Crippen LogP contribution is -2.54. The highest BCUT2D eigenvalue weighted by molar-refractivity contribution is 7.92. The summed E-state index contributed by atoms with van der Waals surface area (Å²) in [4.78, 5) is 30.1. The lowest BCUT2D eigenvalue weighted by molar-refractivity contribution is -0.140. The van der Waals surface area contributed by atoms with Gasteiger partial charge in [-0.25, -0.2) is 8.42 Å². The summed E-state index contributed by atoms with van der Waals surface area (Å²) in [5, 5.41) is 3.49. The fourth-order valence-corrected chi connectivity index (χ4v) is 6.76. The Bertz CT molecular complexity index is 1680. The Balaban J connectivity index is 1.84. The summed E-state index contributed by atoms with van der Waals surface area (Å²) in [5.41, 5.74) is 2.70. The van der Waals surface area contributed by atoms with Gasteiger partial charge in [0.25, 0.3) is 10.0 Å². The minimum atomic E-state index is -4.16. The highest BCUT2D eigenvalue weighted by Gasteiger charge is 2.35. The Kier molecular flexibility index (Phi) is 11.8. The molecule has 0 saturated heterocycles. The predicted molar refractivity (Wildman–Crippen MR) is 181 cm³/mol. The second-order valence-corrected chi connectivity index (χ2v) is 13.2. The average molecular weight is 646 g/mol. The van der Waals surface area contributed by atoms with E-state index in [9.17, 15) is 18.0 Å². The number of anilines is 1. The molecule has 0 aliphatic heterocycles. The topological polar surface area (TPSA) is 86.8 Å². The van der Waals surface area contributed by atoms with Gasteiger partial charge >= 0.3 is 0 Å². The van der Waals surface area contributed by atoms with Crippen LogP contribution in [-0.2, 0) is 39.0 Å². The third-order valence-electron chi connectivity index (χ3n) is 7.82. The van der Waals surface area contributed by atoms with Gasteiger partial charge in [0.15, 0.2) is 0 Å². The number of hydrogen-bond donors (Lipinski definition) is 1. The van der Waals surface area contributed by atoms with Crippen molar-refractivity contribution >= 4 is 39.1 Å². The smallest absolute Gasteiger partial charge is 0.264 e. The van der Waals surface area contributed by atoms with Crippen LogP contribution in [0.3, 0.4) is 0 Å². The van der Waals surface area contributed by atoms with Crippen LogP contribution in [0.2, 0.25) is 5.02 Å². The van der Waals surface area contributed by atoms with E-state index >= 15 is 0 Å². The van der Waals surface area contributed by atoms with Crippen molar-refractivity contribution in [3.8, 4) is 0 Å². The van der Waals surface area contributed by atoms with Crippen molar-refractivity contribution in [2.75, 3.05) is 10.8 Å². The molecule has 4 aromatic rings.